The molecule has 2 aromatic rings. The first-order valence-electron chi connectivity index (χ1n) is 9.04. The van der Waals surface area contributed by atoms with Crippen LogP contribution in [0.4, 0.5) is 0 Å². The monoisotopic (exact) mass is 337 g/mol. The van der Waals surface area contributed by atoms with Gasteiger partial charge in [0.2, 0.25) is 5.91 Å². The summed E-state index contributed by atoms with van der Waals surface area (Å²) >= 11 is 0. The molecule has 0 saturated carbocycles. The van der Waals surface area contributed by atoms with E-state index in [2.05, 4.69) is 67.7 Å². The smallest absolute Gasteiger partial charge is 0.231 e. The van der Waals surface area contributed by atoms with E-state index in [4.69, 9.17) is 4.74 Å². The zero-order chi connectivity index (χ0) is 17.9. The standard InChI is InChI=1S/C22H27NO2/c1-16-4-8-19(9-5-16)18(3)23-21(24)22(12-14-25-15-13-22)20-10-6-17(2)7-11-20/h4-11,18H,12-15H2,1-3H3,(H,23,24). The van der Waals surface area contributed by atoms with E-state index >= 15 is 0 Å². The van der Waals surface area contributed by atoms with Gasteiger partial charge in [-0.2, -0.15) is 0 Å². The Morgan fingerprint density at radius 3 is 2.04 bits per heavy atom. The van der Waals surface area contributed by atoms with Gasteiger partial charge in [-0.15, -0.1) is 0 Å². The molecule has 3 rings (SSSR count). The predicted octanol–water partition coefficient (Wildman–Crippen LogP) is 4.23. The first-order chi connectivity index (χ1) is 12.0. The van der Waals surface area contributed by atoms with E-state index in [-0.39, 0.29) is 11.9 Å². The van der Waals surface area contributed by atoms with Gasteiger partial charge in [0.25, 0.3) is 0 Å². The Kier molecular flexibility index (Phi) is 5.24. The summed E-state index contributed by atoms with van der Waals surface area (Å²) < 4.78 is 5.54. The number of rotatable bonds is 4. The third-order valence-corrected chi connectivity index (χ3v) is 5.31. The van der Waals surface area contributed by atoms with Crippen molar-refractivity contribution >= 4 is 5.91 Å². The van der Waals surface area contributed by atoms with Crippen LogP contribution >= 0.6 is 0 Å². The summed E-state index contributed by atoms with van der Waals surface area (Å²) in [7, 11) is 0. The largest absolute Gasteiger partial charge is 0.381 e. The molecule has 1 aliphatic rings. The fourth-order valence-corrected chi connectivity index (χ4v) is 3.51. The summed E-state index contributed by atoms with van der Waals surface area (Å²) in [6.45, 7) is 7.44. The highest BCUT2D eigenvalue weighted by Gasteiger charge is 2.42. The van der Waals surface area contributed by atoms with Crippen LogP contribution in [0.25, 0.3) is 0 Å². The lowest BCUT2D eigenvalue weighted by molar-refractivity contribution is -0.131. The molecule has 0 aromatic heterocycles. The number of carbonyl (C=O) groups is 1. The van der Waals surface area contributed by atoms with Gasteiger partial charge in [0, 0.05) is 13.2 Å². The Hall–Kier alpha value is -2.13. The molecule has 3 heteroatoms. The second-order valence-electron chi connectivity index (χ2n) is 7.17. The van der Waals surface area contributed by atoms with Crippen LogP contribution in [0.2, 0.25) is 0 Å². The molecular weight excluding hydrogens is 310 g/mol. The zero-order valence-electron chi connectivity index (χ0n) is 15.3. The number of hydrogen-bond acceptors (Lipinski definition) is 2. The minimum atomic E-state index is -0.495. The molecular formula is C22H27NO2. The molecule has 1 N–H and O–H groups in total. The van der Waals surface area contributed by atoms with Crippen LogP contribution in [0.1, 0.15) is 48.1 Å². The average molecular weight is 337 g/mol. The third-order valence-electron chi connectivity index (χ3n) is 5.31. The quantitative estimate of drug-likeness (QED) is 0.907. The van der Waals surface area contributed by atoms with Crippen molar-refractivity contribution in [3.8, 4) is 0 Å². The van der Waals surface area contributed by atoms with E-state index in [0.717, 1.165) is 24.0 Å². The van der Waals surface area contributed by atoms with Crippen LogP contribution < -0.4 is 5.32 Å². The highest BCUT2D eigenvalue weighted by molar-refractivity contribution is 5.88. The molecule has 1 unspecified atom stereocenters. The molecule has 3 nitrogen and oxygen atoms in total. The minimum Gasteiger partial charge on any atom is -0.381 e. The Labute approximate surface area is 150 Å². The van der Waals surface area contributed by atoms with Gasteiger partial charge in [-0.3, -0.25) is 4.79 Å². The number of aryl methyl sites for hydroxylation is 2. The zero-order valence-corrected chi connectivity index (χ0v) is 15.3. The number of benzene rings is 2. The molecule has 1 amide bonds. The summed E-state index contributed by atoms with van der Waals surface area (Å²) in [5.74, 6) is 0.104. The van der Waals surface area contributed by atoms with E-state index in [1.165, 1.54) is 11.1 Å². The summed E-state index contributed by atoms with van der Waals surface area (Å²) in [5, 5.41) is 3.24. The molecule has 0 bridgehead atoms. The molecule has 0 spiro atoms. The Balaban J connectivity index is 1.84. The van der Waals surface area contributed by atoms with Crippen molar-refractivity contribution in [2.75, 3.05) is 13.2 Å². The van der Waals surface area contributed by atoms with Crippen LogP contribution in [0.15, 0.2) is 48.5 Å². The van der Waals surface area contributed by atoms with Crippen LogP contribution in [0.3, 0.4) is 0 Å². The van der Waals surface area contributed by atoms with E-state index < -0.39 is 5.41 Å². The number of hydrogen-bond donors (Lipinski definition) is 1. The van der Waals surface area contributed by atoms with Crippen molar-refractivity contribution in [2.45, 2.75) is 45.1 Å². The number of nitrogens with one attached hydrogen (secondary N) is 1. The van der Waals surface area contributed by atoms with Crippen molar-refractivity contribution in [2.24, 2.45) is 0 Å². The van der Waals surface area contributed by atoms with Crippen LogP contribution in [0.5, 0.6) is 0 Å². The normalized spacial score (nSPS) is 17.7. The average Bonchev–Trinajstić information content (AvgIpc) is 2.63. The van der Waals surface area contributed by atoms with Crippen LogP contribution in [0, 0.1) is 13.8 Å². The molecule has 1 heterocycles. The lowest BCUT2D eigenvalue weighted by Crippen LogP contribution is -2.48. The molecule has 1 saturated heterocycles. The van der Waals surface area contributed by atoms with Gasteiger partial charge in [0.15, 0.2) is 0 Å². The summed E-state index contributed by atoms with van der Waals surface area (Å²) in [6, 6.07) is 16.7. The predicted molar refractivity (Wildman–Crippen MR) is 101 cm³/mol. The van der Waals surface area contributed by atoms with Gasteiger partial charge in [0.05, 0.1) is 11.5 Å². The molecule has 0 aliphatic carbocycles. The highest BCUT2D eigenvalue weighted by atomic mass is 16.5. The molecule has 2 aromatic carbocycles. The fourth-order valence-electron chi connectivity index (χ4n) is 3.51. The van der Waals surface area contributed by atoms with E-state index in [1.54, 1.807) is 0 Å². The number of ether oxygens (including phenoxy) is 1. The minimum absolute atomic E-state index is 0.0155. The Morgan fingerprint density at radius 2 is 1.48 bits per heavy atom. The van der Waals surface area contributed by atoms with Crippen molar-refractivity contribution in [3.05, 3.63) is 70.8 Å². The summed E-state index contributed by atoms with van der Waals surface area (Å²) in [5.41, 5.74) is 4.16. The van der Waals surface area contributed by atoms with Crippen LogP contribution in [-0.2, 0) is 14.9 Å². The first kappa shape index (κ1) is 17.7. The SMILES string of the molecule is Cc1ccc(C(C)NC(=O)C2(c3ccc(C)cc3)CCOCC2)cc1. The van der Waals surface area contributed by atoms with E-state index in [1.807, 2.05) is 6.92 Å². The molecule has 1 atom stereocenters. The Bertz CT molecular complexity index is 713. The Morgan fingerprint density at radius 1 is 0.960 bits per heavy atom. The van der Waals surface area contributed by atoms with Gasteiger partial charge < -0.3 is 10.1 Å². The lowest BCUT2D eigenvalue weighted by Gasteiger charge is -2.37. The van der Waals surface area contributed by atoms with Crippen molar-refractivity contribution < 1.29 is 9.53 Å². The maximum atomic E-state index is 13.3. The first-order valence-corrected chi connectivity index (χ1v) is 9.04. The summed E-state index contributed by atoms with van der Waals surface area (Å²) in [6.07, 6.45) is 1.45. The second kappa shape index (κ2) is 7.40. The molecule has 1 fully saturated rings. The van der Waals surface area contributed by atoms with E-state index in [9.17, 15) is 4.79 Å². The van der Waals surface area contributed by atoms with Gasteiger partial charge >= 0.3 is 0 Å². The maximum Gasteiger partial charge on any atom is 0.231 e. The molecule has 25 heavy (non-hydrogen) atoms. The number of carbonyl (C=O) groups excluding carboxylic acids is 1. The van der Waals surface area contributed by atoms with Crippen molar-refractivity contribution in [1.82, 2.24) is 5.32 Å². The molecule has 1 aliphatic heterocycles. The van der Waals surface area contributed by atoms with Gasteiger partial charge in [-0.25, -0.2) is 0 Å². The highest BCUT2D eigenvalue weighted by Crippen LogP contribution is 2.36. The van der Waals surface area contributed by atoms with Crippen LogP contribution in [-0.4, -0.2) is 19.1 Å². The van der Waals surface area contributed by atoms with Crippen molar-refractivity contribution in [3.63, 3.8) is 0 Å². The molecule has 132 valence electrons. The molecule has 0 radical (unpaired) electrons. The lowest BCUT2D eigenvalue weighted by atomic mass is 9.73. The fraction of sp³-hybridized carbons (Fsp3) is 0.409. The van der Waals surface area contributed by atoms with Gasteiger partial charge in [-0.05, 0) is 44.7 Å². The number of amides is 1. The van der Waals surface area contributed by atoms with E-state index in [0.29, 0.717) is 13.2 Å². The topological polar surface area (TPSA) is 38.3 Å². The second-order valence-corrected chi connectivity index (χ2v) is 7.17. The maximum absolute atomic E-state index is 13.3. The third kappa shape index (κ3) is 3.77. The van der Waals surface area contributed by atoms with Gasteiger partial charge in [0.1, 0.15) is 0 Å². The van der Waals surface area contributed by atoms with Gasteiger partial charge in [-0.1, -0.05) is 59.7 Å². The summed E-state index contributed by atoms with van der Waals surface area (Å²) in [4.78, 5) is 13.3. The van der Waals surface area contributed by atoms with Crippen molar-refractivity contribution in [1.29, 1.82) is 0 Å².